The second-order valence-corrected chi connectivity index (χ2v) is 6.01. The number of esters is 1. The number of nitrogens with zero attached hydrogens (tertiary/aromatic N) is 3. The van der Waals surface area contributed by atoms with Gasteiger partial charge in [-0.1, -0.05) is 0 Å². The van der Waals surface area contributed by atoms with E-state index in [9.17, 15) is 4.79 Å². The van der Waals surface area contributed by atoms with Crippen LogP contribution in [0, 0.1) is 6.92 Å². The molecule has 0 amide bonds. The Kier molecular flexibility index (Phi) is 3.94. The third-order valence-electron chi connectivity index (χ3n) is 3.40. The lowest BCUT2D eigenvalue weighted by Crippen LogP contribution is -2.31. The Morgan fingerprint density at radius 3 is 2.75 bits per heavy atom. The van der Waals surface area contributed by atoms with Crippen molar-refractivity contribution in [3.05, 3.63) is 23.0 Å². The van der Waals surface area contributed by atoms with Crippen LogP contribution >= 0.6 is 11.3 Å². The summed E-state index contributed by atoms with van der Waals surface area (Å²) in [5.74, 6) is -0.250. The Balaban J connectivity index is 2.34. The van der Waals surface area contributed by atoms with E-state index < -0.39 is 5.41 Å². The molecule has 0 aliphatic rings. The van der Waals surface area contributed by atoms with Gasteiger partial charge in [0.05, 0.1) is 24.1 Å². The smallest absolute Gasteiger partial charge is 0.317 e. The number of hydrogen-bond donors (Lipinski definition) is 0. The van der Waals surface area contributed by atoms with Crippen LogP contribution < -0.4 is 0 Å². The monoisotopic (exact) mass is 293 g/mol. The Labute approximate surface area is 122 Å². The fourth-order valence-electron chi connectivity index (χ4n) is 1.81. The molecule has 0 unspecified atom stereocenters. The summed E-state index contributed by atoms with van der Waals surface area (Å²) in [7, 11) is 1.90. The highest BCUT2D eigenvalue weighted by Gasteiger charge is 2.34. The normalized spacial score (nSPS) is 11.7. The SMILES string of the molecule is CCOC(=O)C(C)(C)c1csc(-c2cnn(C)c2C)n1. The van der Waals surface area contributed by atoms with Gasteiger partial charge in [-0.2, -0.15) is 5.10 Å². The van der Waals surface area contributed by atoms with Gasteiger partial charge in [0.1, 0.15) is 10.4 Å². The van der Waals surface area contributed by atoms with E-state index in [4.69, 9.17) is 4.74 Å². The van der Waals surface area contributed by atoms with Gasteiger partial charge < -0.3 is 4.74 Å². The quantitative estimate of drug-likeness (QED) is 0.813. The van der Waals surface area contributed by atoms with Gasteiger partial charge in [0.25, 0.3) is 0 Å². The molecule has 0 atom stereocenters. The van der Waals surface area contributed by atoms with Gasteiger partial charge in [-0.3, -0.25) is 9.48 Å². The van der Waals surface area contributed by atoms with E-state index in [0.29, 0.717) is 6.61 Å². The summed E-state index contributed by atoms with van der Waals surface area (Å²) in [6, 6.07) is 0. The third-order valence-corrected chi connectivity index (χ3v) is 4.27. The van der Waals surface area contributed by atoms with Crippen molar-refractivity contribution in [2.45, 2.75) is 33.1 Å². The molecule has 2 rings (SSSR count). The topological polar surface area (TPSA) is 57.0 Å². The fraction of sp³-hybridized carbons (Fsp3) is 0.500. The molecule has 5 nitrogen and oxygen atoms in total. The van der Waals surface area contributed by atoms with E-state index in [1.165, 1.54) is 11.3 Å². The van der Waals surface area contributed by atoms with Crippen LogP contribution in [0.1, 0.15) is 32.2 Å². The lowest BCUT2D eigenvalue weighted by atomic mass is 9.90. The molecule has 6 heteroatoms. The largest absolute Gasteiger partial charge is 0.465 e. The van der Waals surface area contributed by atoms with Crippen LogP contribution in [0.25, 0.3) is 10.6 Å². The predicted octanol–water partition coefficient (Wildman–Crippen LogP) is 2.69. The predicted molar refractivity (Wildman–Crippen MR) is 78.7 cm³/mol. The lowest BCUT2D eigenvalue weighted by Gasteiger charge is -2.19. The van der Waals surface area contributed by atoms with Crippen LogP contribution in [0.2, 0.25) is 0 Å². The van der Waals surface area contributed by atoms with Crippen molar-refractivity contribution in [2.75, 3.05) is 6.61 Å². The zero-order valence-corrected chi connectivity index (χ0v) is 13.2. The van der Waals surface area contributed by atoms with Gasteiger partial charge in [-0.25, -0.2) is 4.98 Å². The summed E-state index contributed by atoms with van der Waals surface area (Å²) in [6.07, 6.45) is 1.80. The third kappa shape index (κ3) is 2.47. The highest BCUT2D eigenvalue weighted by atomic mass is 32.1. The van der Waals surface area contributed by atoms with Crippen molar-refractivity contribution in [1.82, 2.24) is 14.8 Å². The van der Waals surface area contributed by atoms with Crippen molar-refractivity contribution in [3.63, 3.8) is 0 Å². The molecular formula is C14H19N3O2S. The molecule has 2 aromatic heterocycles. The molecule has 0 bridgehead atoms. The molecule has 0 N–H and O–H groups in total. The number of aryl methyl sites for hydroxylation is 1. The Hall–Kier alpha value is -1.69. The highest BCUT2D eigenvalue weighted by Crippen LogP contribution is 2.32. The van der Waals surface area contributed by atoms with Crippen molar-refractivity contribution < 1.29 is 9.53 Å². The van der Waals surface area contributed by atoms with Crippen LogP contribution in [0.4, 0.5) is 0 Å². The number of carbonyl (C=O) groups excluding carboxylic acids is 1. The standard InChI is InChI=1S/C14H19N3O2S/c1-6-19-13(18)14(3,4)11-8-20-12(16-11)10-7-15-17(5)9(10)2/h7-8H,6H2,1-5H3. The summed E-state index contributed by atoms with van der Waals surface area (Å²) in [4.78, 5) is 16.6. The first kappa shape index (κ1) is 14.7. The van der Waals surface area contributed by atoms with Crippen molar-refractivity contribution in [3.8, 4) is 10.6 Å². The van der Waals surface area contributed by atoms with E-state index in [1.54, 1.807) is 13.1 Å². The number of aromatic nitrogens is 3. The first-order valence-electron chi connectivity index (χ1n) is 6.50. The molecule has 0 aromatic carbocycles. The molecule has 0 aliphatic heterocycles. The van der Waals surface area contributed by atoms with Gasteiger partial charge in [-0.15, -0.1) is 11.3 Å². The number of thiazole rings is 1. The maximum Gasteiger partial charge on any atom is 0.317 e. The summed E-state index contributed by atoms with van der Waals surface area (Å²) < 4.78 is 6.93. The number of rotatable bonds is 4. The molecule has 20 heavy (non-hydrogen) atoms. The first-order chi connectivity index (χ1) is 9.37. The molecule has 2 aromatic rings. The molecule has 0 saturated carbocycles. The molecule has 0 radical (unpaired) electrons. The Bertz CT molecular complexity index is 628. The highest BCUT2D eigenvalue weighted by molar-refractivity contribution is 7.13. The first-order valence-corrected chi connectivity index (χ1v) is 7.38. The van der Waals surface area contributed by atoms with Crippen LogP contribution in [0.15, 0.2) is 11.6 Å². The number of carbonyl (C=O) groups is 1. The molecule has 108 valence electrons. The van der Waals surface area contributed by atoms with Gasteiger partial charge in [-0.05, 0) is 27.7 Å². The van der Waals surface area contributed by atoms with E-state index in [1.807, 2.05) is 37.9 Å². The average Bonchev–Trinajstić information content (AvgIpc) is 2.99. The summed E-state index contributed by atoms with van der Waals surface area (Å²) in [5.41, 5.74) is 2.06. The van der Waals surface area contributed by atoms with Crippen LogP contribution in [0.3, 0.4) is 0 Å². The van der Waals surface area contributed by atoms with E-state index in [0.717, 1.165) is 22.0 Å². The second kappa shape index (κ2) is 5.36. The van der Waals surface area contributed by atoms with Crippen molar-refractivity contribution >= 4 is 17.3 Å². The van der Waals surface area contributed by atoms with E-state index in [2.05, 4.69) is 10.1 Å². The average molecular weight is 293 g/mol. The summed E-state index contributed by atoms with van der Waals surface area (Å²) >= 11 is 1.52. The number of hydrogen-bond acceptors (Lipinski definition) is 5. The molecule has 2 heterocycles. The molecule has 0 fully saturated rings. The molecule has 0 aliphatic carbocycles. The minimum absolute atomic E-state index is 0.250. The molecule has 0 spiro atoms. The zero-order chi connectivity index (χ0) is 14.9. The maximum atomic E-state index is 12.0. The number of ether oxygens (including phenoxy) is 1. The molecule has 0 saturated heterocycles. The lowest BCUT2D eigenvalue weighted by molar-refractivity contribution is -0.148. The Morgan fingerprint density at radius 1 is 1.50 bits per heavy atom. The van der Waals surface area contributed by atoms with E-state index >= 15 is 0 Å². The van der Waals surface area contributed by atoms with E-state index in [-0.39, 0.29) is 5.97 Å². The fourth-order valence-corrected chi connectivity index (χ4v) is 2.86. The van der Waals surface area contributed by atoms with Gasteiger partial charge in [0, 0.05) is 18.1 Å². The Morgan fingerprint density at radius 2 is 2.20 bits per heavy atom. The van der Waals surface area contributed by atoms with Crippen molar-refractivity contribution in [2.24, 2.45) is 7.05 Å². The zero-order valence-electron chi connectivity index (χ0n) is 12.4. The second-order valence-electron chi connectivity index (χ2n) is 5.15. The van der Waals surface area contributed by atoms with Crippen molar-refractivity contribution in [1.29, 1.82) is 0 Å². The van der Waals surface area contributed by atoms with Crippen LogP contribution in [-0.4, -0.2) is 27.3 Å². The van der Waals surface area contributed by atoms with Gasteiger partial charge in [0.15, 0.2) is 0 Å². The van der Waals surface area contributed by atoms with Crippen LogP contribution in [-0.2, 0) is 22.0 Å². The summed E-state index contributed by atoms with van der Waals surface area (Å²) in [6.45, 7) is 7.85. The minimum atomic E-state index is -0.735. The minimum Gasteiger partial charge on any atom is -0.465 e. The van der Waals surface area contributed by atoms with Gasteiger partial charge >= 0.3 is 5.97 Å². The van der Waals surface area contributed by atoms with Crippen LogP contribution in [0.5, 0.6) is 0 Å². The molecular weight excluding hydrogens is 274 g/mol. The van der Waals surface area contributed by atoms with Gasteiger partial charge in [0.2, 0.25) is 0 Å². The maximum absolute atomic E-state index is 12.0. The summed E-state index contributed by atoms with van der Waals surface area (Å²) in [5, 5.41) is 7.01.